The number of aryl methyl sites for hydroxylation is 1. The van der Waals surface area contributed by atoms with Crippen molar-refractivity contribution in [2.45, 2.75) is 62.8 Å². The molecule has 1 aromatic heterocycles. The minimum atomic E-state index is 0.443. The summed E-state index contributed by atoms with van der Waals surface area (Å²) in [5.74, 6) is 3.01. The van der Waals surface area contributed by atoms with Gasteiger partial charge in [-0.1, -0.05) is 0 Å². The first-order chi connectivity index (χ1) is 9.77. The first-order valence-electron chi connectivity index (χ1n) is 8.52. The average molecular weight is 271 g/mol. The van der Waals surface area contributed by atoms with E-state index in [4.69, 9.17) is 5.10 Å². The molecule has 108 valence electrons. The molecule has 5 aliphatic rings. The van der Waals surface area contributed by atoms with Crippen LogP contribution < -0.4 is 5.32 Å². The molecule has 0 aliphatic heterocycles. The largest absolute Gasteiger partial charge is 0.313 e. The van der Waals surface area contributed by atoms with Gasteiger partial charge in [0.05, 0.1) is 5.69 Å². The Morgan fingerprint density at radius 1 is 1.10 bits per heavy atom. The van der Waals surface area contributed by atoms with E-state index < -0.39 is 0 Å². The fourth-order valence-electron chi connectivity index (χ4n) is 6.48. The highest BCUT2D eigenvalue weighted by Crippen LogP contribution is 2.61. The number of rotatable bonds is 2. The lowest BCUT2D eigenvalue weighted by atomic mass is 9.48. The van der Waals surface area contributed by atoms with Crippen molar-refractivity contribution in [3.05, 3.63) is 17.0 Å². The molecule has 1 aromatic rings. The average Bonchev–Trinajstić information content (AvgIpc) is 2.97. The molecule has 3 nitrogen and oxygen atoms in total. The van der Waals surface area contributed by atoms with Crippen LogP contribution in [0.15, 0.2) is 0 Å². The maximum Gasteiger partial charge on any atom is 0.0734 e. The van der Waals surface area contributed by atoms with Crippen LogP contribution in [0.4, 0.5) is 0 Å². The third-order valence-electron chi connectivity index (χ3n) is 6.80. The maximum absolute atomic E-state index is 4.86. The molecule has 4 fully saturated rings. The van der Waals surface area contributed by atoms with Gasteiger partial charge in [0.15, 0.2) is 0 Å². The predicted octanol–water partition coefficient (Wildman–Crippen LogP) is 3.08. The summed E-state index contributed by atoms with van der Waals surface area (Å²) in [7, 11) is 2.11. The molecule has 0 radical (unpaired) electrons. The van der Waals surface area contributed by atoms with E-state index >= 15 is 0 Å². The summed E-state index contributed by atoms with van der Waals surface area (Å²) >= 11 is 0. The van der Waals surface area contributed by atoms with Crippen LogP contribution >= 0.6 is 0 Å². The zero-order valence-electron chi connectivity index (χ0n) is 12.4. The summed E-state index contributed by atoms with van der Waals surface area (Å²) in [5.41, 5.74) is 4.91. The molecular formula is C17H25N3. The van der Waals surface area contributed by atoms with Crippen LogP contribution in [0.2, 0.25) is 0 Å². The van der Waals surface area contributed by atoms with Crippen molar-refractivity contribution in [1.82, 2.24) is 15.5 Å². The fraction of sp³-hybridized carbons (Fsp3) is 0.824. The van der Waals surface area contributed by atoms with Crippen LogP contribution in [0, 0.1) is 17.8 Å². The molecule has 0 spiro atoms. The van der Waals surface area contributed by atoms with E-state index in [-0.39, 0.29) is 0 Å². The molecule has 4 bridgehead atoms. The van der Waals surface area contributed by atoms with E-state index in [1.54, 1.807) is 5.56 Å². The molecular weight excluding hydrogens is 246 g/mol. The Morgan fingerprint density at radius 2 is 1.75 bits per heavy atom. The van der Waals surface area contributed by atoms with Gasteiger partial charge in [0.25, 0.3) is 0 Å². The molecule has 0 saturated heterocycles. The number of nitrogens with one attached hydrogen (secondary N) is 2. The van der Waals surface area contributed by atoms with Gasteiger partial charge in [-0.3, -0.25) is 5.10 Å². The molecule has 1 heterocycles. The Morgan fingerprint density at radius 3 is 2.35 bits per heavy atom. The van der Waals surface area contributed by atoms with Crippen molar-refractivity contribution < 1.29 is 0 Å². The summed E-state index contributed by atoms with van der Waals surface area (Å²) in [6, 6.07) is 0.548. The fourth-order valence-corrected chi connectivity index (χ4v) is 6.48. The third-order valence-corrected chi connectivity index (χ3v) is 6.80. The van der Waals surface area contributed by atoms with E-state index in [0.717, 1.165) is 17.8 Å². The first-order valence-corrected chi connectivity index (χ1v) is 8.52. The van der Waals surface area contributed by atoms with Gasteiger partial charge < -0.3 is 5.32 Å². The zero-order chi connectivity index (χ0) is 13.3. The highest BCUT2D eigenvalue weighted by Gasteiger charge is 2.54. The highest BCUT2D eigenvalue weighted by molar-refractivity contribution is 5.39. The van der Waals surface area contributed by atoms with Crippen LogP contribution in [0.5, 0.6) is 0 Å². The van der Waals surface area contributed by atoms with E-state index in [2.05, 4.69) is 17.5 Å². The van der Waals surface area contributed by atoms with E-state index in [0.29, 0.717) is 11.5 Å². The van der Waals surface area contributed by atoms with E-state index in [1.807, 2.05) is 0 Å². The van der Waals surface area contributed by atoms with Crippen molar-refractivity contribution in [3.8, 4) is 0 Å². The Bertz CT molecular complexity index is 509. The van der Waals surface area contributed by atoms with Crippen LogP contribution in [-0.2, 0) is 11.8 Å². The van der Waals surface area contributed by atoms with Gasteiger partial charge in [0.2, 0.25) is 0 Å². The number of fused-ring (bicyclic) bond motifs is 1. The number of aromatic nitrogens is 2. The number of hydrogen-bond acceptors (Lipinski definition) is 2. The Labute approximate surface area is 120 Å². The maximum atomic E-state index is 4.86. The third kappa shape index (κ3) is 1.42. The standard InChI is InChI=1S/C17H25N3/c1-18-13-2-3-14-15(13)16(20-19-14)17-7-10-4-11(8-17)6-12(5-10)9-17/h10-13,18H,2-9H2,1H3,(H,19,20). The van der Waals surface area contributed by atoms with Crippen molar-refractivity contribution in [2.75, 3.05) is 7.05 Å². The molecule has 6 rings (SSSR count). The number of nitrogens with zero attached hydrogens (tertiary/aromatic N) is 1. The molecule has 1 unspecified atom stereocenters. The van der Waals surface area contributed by atoms with Gasteiger partial charge >= 0.3 is 0 Å². The molecule has 0 amide bonds. The van der Waals surface area contributed by atoms with E-state index in [1.165, 1.54) is 62.8 Å². The lowest BCUT2D eigenvalue weighted by molar-refractivity contribution is -0.00778. The van der Waals surface area contributed by atoms with Gasteiger partial charge in [0, 0.05) is 22.7 Å². The van der Waals surface area contributed by atoms with Gasteiger partial charge in [-0.15, -0.1) is 0 Å². The second-order valence-corrected chi connectivity index (χ2v) is 8.04. The highest BCUT2D eigenvalue weighted by atomic mass is 15.1. The summed E-state index contributed by atoms with van der Waals surface area (Å²) in [6.07, 6.45) is 11.2. The molecule has 1 atom stereocenters. The van der Waals surface area contributed by atoms with Crippen LogP contribution in [0.3, 0.4) is 0 Å². The second-order valence-electron chi connectivity index (χ2n) is 8.04. The lowest BCUT2D eigenvalue weighted by Crippen LogP contribution is -2.49. The minimum absolute atomic E-state index is 0.443. The van der Waals surface area contributed by atoms with Gasteiger partial charge in [-0.25, -0.2) is 0 Å². The molecule has 2 N–H and O–H groups in total. The van der Waals surface area contributed by atoms with Crippen molar-refractivity contribution >= 4 is 0 Å². The van der Waals surface area contributed by atoms with Crippen LogP contribution in [0.25, 0.3) is 0 Å². The Hall–Kier alpha value is -0.830. The summed E-state index contributed by atoms with van der Waals surface area (Å²) in [5, 5.41) is 11.8. The van der Waals surface area contributed by atoms with Crippen molar-refractivity contribution in [3.63, 3.8) is 0 Å². The topological polar surface area (TPSA) is 40.7 Å². The minimum Gasteiger partial charge on any atom is -0.313 e. The van der Waals surface area contributed by atoms with Crippen LogP contribution in [-0.4, -0.2) is 17.2 Å². The lowest BCUT2D eigenvalue weighted by Gasteiger charge is -2.56. The number of hydrogen-bond donors (Lipinski definition) is 2. The molecule has 20 heavy (non-hydrogen) atoms. The molecule has 4 saturated carbocycles. The van der Waals surface area contributed by atoms with Crippen LogP contribution in [0.1, 0.15) is 67.9 Å². The number of aromatic amines is 1. The van der Waals surface area contributed by atoms with Crippen molar-refractivity contribution in [2.24, 2.45) is 17.8 Å². The SMILES string of the molecule is CNC1CCc2[nH]nc(C34CC5CC(CC(C5)C3)C4)c21. The summed E-state index contributed by atoms with van der Waals surface area (Å²) in [4.78, 5) is 0. The molecule has 0 aromatic carbocycles. The first kappa shape index (κ1) is 11.8. The van der Waals surface area contributed by atoms with Crippen molar-refractivity contribution in [1.29, 1.82) is 0 Å². The Balaban J connectivity index is 1.61. The normalized spacial score (nSPS) is 45.0. The number of H-pyrrole nitrogens is 1. The van der Waals surface area contributed by atoms with Gasteiger partial charge in [-0.2, -0.15) is 5.10 Å². The molecule has 5 aliphatic carbocycles. The second kappa shape index (κ2) is 3.88. The Kier molecular flexibility index (Phi) is 2.29. The molecule has 3 heteroatoms. The monoisotopic (exact) mass is 271 g/mol. The predicted molar refractivity (Wildman–Crippen MR) is 78.6 cm³/mol. The van der Waals surface area contributed by atoms with Gasteiger partial charge in [-0.05, 0) is 76.2 Å². The van der Waals surface area contributed by atoms with E-state index in [9.17, 15) is 0 Å². The smallest absolute Gasteiger partial charge is 0.0734 e. The quantitative estimate of drug-likeness (QED) is 0.868. The summed E-state index contributed by atoms with van der Waals surface area (Å²) in [6.45, 7) is 0. The zero-order valence-corrected chi connectivity index (χ0v) is 12.4. The van der Waals surface area contributed by atoms with Gasteiger partial charge in [0.1, 0.15) is 0 Å². The summed E-state index contributed by atoms with van der Waals surface area (Å²) < 4.78 is 0.